The van der Waals surface area contributed by atoms with Gasteiger partial charge in [-0.3, -0.25) is 4.55 Å². The molecule has 0 radical (unpaired) electrons. The molecule has 0 fully saturated rings. The van der Waals surface area contributed by atoms with Crippen molar-refractivity contribution >= 4 is 40.6 Å². The second-order valence-electron chi connectivity index (χ2n) is 1.93. The summed E-state index contributed by atoms with van der Waals surface area (Å²) >= 11 is 5.49. The Balaban J connectivity index is 0.00000121. The van der Waals surface area contributed by atoms with E-state index in [0.29, 0.717) is 5.02 Å². The van der Waals surface area contributed by atoms with Crippen molar-refractivity contribution in [3.63, 3.8) is 0 Å². The van der Waals surface area contributed by atoms with Gasteiger partial charge in [-0.05, 0) is 24.3 Å². The van der Waals surface area contributed by atoms with Crippen LogP contribution in [0.15, 0.2) is 29.2 Å². The van der Waals surface area contributed by atoms with Gasteiger partial charge in [0.1, 0.15) is 0 Å². The van der Waals surface area contributed by atoms with Crippen LogP contribution in [0.1, 0.15) is 0 Å². The average Bonchev–Trinajstić information content (AvgIpc) is 1.86. The van der Waals surface area contributed by atoms with Crippen LogP contribution >= 0.6 is 11.6 Å². The molecule has 0 aromatic heterocycles. The van der Waals surface area contributed by atoms with Crippen LogP contribution in [0.4, 0.5) is 0 Å². The molecular weight excluding hydrogens is 195 g/mol. The first kappa shape index (κ1) is 12.0. The zero-order chi connectivity index (χ0) is 8.48. The molecule has 0 bridgehead atoms. The summed E-state index contributed by atoms with van der Waals surface area (Å²) in [7, 11) is -4.08. The SMILES string of the molecule is O=S(=O)(O)c1ccc(Cl)cc1.[LiH]. The molecule has 0 saturated heterocycles. The standard InChI is InChI=1S/C6H5ClO3S.Li.H/c7-5-1-3-6(4-2-5)11(8,9)10;;/h1-4H,(H,8,9,10);;. The molecule has 0 atom stereocenters. The summed E-state index contributed by atoms with van der Waals surface area (Å²) in [5.74, 6) is 0. The Hall–Kier alpha value is 0.0174. The Morgan fingerprint density at radius 2 is 1.58 bits per heavy atom. The summed E-state index contributed by atoms with van der Waals surface area (Å²) in [6.45, 7) is 0. The zero-order valence-corrected chi connectivity index (χ0v) is 6.93. The van der Waals surface area contributed by atoms with Gasteiger partial charge in [0.25, 0.3) is 10.1 Å². The third kappa shape index (κ3) is 3.17. The number of halogens is 1. The Labute approximate surface area is 87.7 Å². The van der Waals surface area contributed by atoms with Crippen molar-refractivity contribution in [1.82, 2.24) is 0 Å². The minimum absolute atomic E-state index is 0. The van der Waals surface area contributed by atoms with Crippen LogP contribution in [0.5, 0.6) is 0 Å². The van der Waals surface area contributed by atoms with Crippen molar-refractivity contribution in [2.24, 2.45) is 0 Å². The Morgan fingerprint density at radius 1 is 1.17 bits per heavy atom. The predicted octanol–water partition coefficient (Wildman–Crippen LogP) is 0.938. The van der Waals surface area contributed by atoms with E-state index < -0.39 is 10.1 Å². The van der Waals surface area contributed by atoms with Crippen LogP contribution < -0.4 is 0 Å². The maximum absolute atomic E-state index is 10.5. The molecule has 1 aromatic carbocycles. The first-order valence-electron chi connectivity index (χ1n) is 2.73. The number of rotatable bonds is 1. The molecule has 0 spiro atoms. The Morgan fingerprint density at radius 3 is 1.92 bits per heavy atom. The number of hydrogen-bond donors (Lipinski definition) is 1. The fourth-order valence-corrected chi connectivity index (χ4v) is 1.21. The molecule has 1 aromatic rings. The van der Waals surface area contributed by atoms with E-state index in [1.54, 1.807) is 0 Å². The van der Waals surface area contributed by atoms with Gasteiger partial charge in [-0.25, -0.2) is 0 Å². The van der Waals surface area contributed by atoms with E-state index in [1.165, 1.54) is 24.3 Å². The second kappa shape index (κ2) is 4.31. The summed E-state index contributed by atoms with van der Waals surface area (Å²) in [5, 5.41) is 0.428. The van der Waals surface area contributed by atoms with E-state index in [9.17, 15) is 8.42 Å². The van der Waals surface area contributed by atoms with Gasteiger partial charge in [0.05, 0.1) is 4.90 Å². The average molecular weight is 201 g/mol. The van der Waals surface area contributed by atoms with Crippen LogP contribution in [0.25, 0.3) is 0 Å². The summed E-state index contributed by atoms with van der Waals surface area (Å²) in [5.41, 5.74) is 0. The van der Waals surface area contributed by atoms with E-state index in [2.05, 4.69) is 0 Å². The van der Waals surface area contributed by atoms with Gasteiger partial charge < -0.3 is 0 Å². The first-order chi connectivity index (χ1) is 5.00. The molecule has 0 aliphatic heterocycles. The van der Waals surface area contributed by atoms with Gasteiger partial charge in [-0.2, -0.15) is 8.42 Å². The summed E-state index contributed by atoms with van der Waals surface area (Å²) in [6.07, 6.45) is 0. The van der Waals surface area contributed by atoms with Crippen LogP contribution in [-0.4, -0.2) is 31.8 Å². The van der Waals surface area contributed by atoms with Crippen molar-refractivity contribution in [3.05, 3.63) is 29.3 Å². The number of hydrogen-bond acceptors (Lipinski definition) is 2. The van der Waals surface area contributed by atoms with Crippen molar-refractivity contribution in [1.29, 1.82) is 0 Å². The molecule has 1 N–H and O–H groups in total. The molecular formula is C6H6ClLiO3S. The molecule has 12 heavy (non-hydrogen) atoms. The van der Waals surface area contributed by atoms with Gasteiger partial charge in [0.15, 0.2) is 0 Å². The molecule has 0 aliphatic rings. The monoisotopic (exact) mass is 200 g/mol. The summed E-state index contributed by atoms with van der Waals surface area (Å²) < 4.78 is 29.4. The fourth-order valence-electron chi connectivity index (χ4n) is 0.607. The minimum atomic E-state index is -4.08. The molecule has 0 heterocycles. The molecule has 0 aliphatic carbocycles. The molecule has 1 rings (SSSR count). The molecule has 0 amide bonds. The quantitative estimate of drug-likeness (QED) is 0.542. The van der Waals surface area contributed by atoms with Crippen molar-refractivity contribution in [3.8, 4) is 0 Å². The molecule has 62 valence electrons. The van der Waals surface area contributed by atoms with E-state index >= 15 is 0 Å². The molecule has 6 heteroatoms. The molecule has 0 unspecified atom stereocenters. The van der Waals surface area contributed by atoms with Gasteiger partial charge in [-0.1, -0.05) is 11.6 Å². The van der Waals surface area contributed by atoms with Crippen molar-refractivity contribution < 1.29 is 13.0 Å². The van der Waals surface area contributed by atoms with E-state index in [-0.39, 0.29) is 23.8 Å². The molecule has 3 nitrogen and oxygen atoms in total. The van der Waals surface area contributed by atoms with Crippen LogP contribution in [0, 0.1) is 0 Å². The fraction of sp³-hybridized carbons (Fsp3) is 0. The van der Waals surface area contributed by atoms with E-state index in [4.69, 9.17) is 16.2 Å². The van der Waals surface area contributed by atoms with Crippen LogP contribution in [-0.2, 0) is 10.1 Å². The summed E-state index contributed by atoms with van der Waals surface area (Å²) in [4.78, 5) is -0.151. The molecule has 0 saturated carbocycles. The van der Waals surface area contributed by atoms with Crippen LogP contribution in [0.3, 0.4) is 0 Å². The van der Waals surface area contributed by atoms with Crippen molar-refractivity contribution in [2.45, 2.75) is 4.90 Å². The third-order valence-corrected chi connectivity index (χ3v) is 2.23. The topological polar surface area (TPSA) is 54.4 Å². The van der Waals surface area contributed by atoms with Crippen molar-refractivity contribution in [2.75, 3.05) is 0 Å². The normalized spacial score (nSPS) is 10.5. The number of benzene rings is 1. The summed E-state index contributed by atoms with van der Waals surface area (Å²) in [6, 6.07) is 5.25. The maximum atomic E-state index is 10.5. The van der Waals surface area contributed by atoms with Gasteiger partial charge in [0, 0.05) is 5.02 Å². The first-order valence-corrected chi connectivity index (χ1v) is 4.55. The van der Waals surface area contributed by atoms with E-state index in [0.717, 1.165) is 0 Å². The van der Waals surface area contributed by atoms with Gasteiger partial charge >= 0.3 is 18.9 Å². The van der Waals surface area contributed by atoms with E-state index in [1.807, 2.05) is 0 Å². The zero-order valence-electron chi connectivity index (χ0n) is 5.36. The predicted molar refractivity (Wildman–Crippen MR) is 48.4 cm³/mol. The van der Waals surface area contributed by atoms with Gasteiger partial charge in [-0.15, -0.1) is 0 Å². The second-order valence-corrected chi connectivity index (χ2v) is 3.79. The van der Waals surface area contributed by atoms with Crippen LogP contribution in [0.2, 0.25) is 5.02 Å². The third-order valence-electron chi connectivity index (χ3n) is 1.11. The van der Waals surface area contributed by atoms with Gasteiger partial charge in [0.2, 0.25) is 0 Å². The Kier molecular flexibility index (Phi) is 4.32. The Bertz CT molecular complexity index is 346.